The van der Waals surface area contributed by atoms with Crippen LogP contribution in [0.2, 0.25) is 0 Å². The van der Waals surface area contributed by atoms with Gasteiger partial charge in [-0.05, 0) is 98.7 Å². The van der Waals surface area contributed by atoms with E-state index in [-0.39, 0.29) is 17.5 Å². The molecule has 7 unspecified atom stereocenters. The Balaban J connectivity index is 1.24. The molecule has 0 aromatic rings. The molecule has 0 aliphatic heterocycles. The minimum absolute atomic E-state index is 0.148. The van der Waals surface area contributed by atoms with Crippen molar-refractivity contribution in [2.45, 2.75) is 78.7 Å². The Morgan fingerprint density at radius 3 is 2.31 bits per heavy atom. The van der Waals surface area contributed by atoms with Crippen LogP contribution in [0.15, 0.2) is 12.2 Å². The summed E-state index contributed by atoms with van der Waals surface area (Å²) in [5, 5.41) is 0. The Labute approximate surface area is 159 Å². The standard InChI is InChI=1S/C24H36O2/c1-23(2,3)17-7-9-18(10-8-17)26-22(25)24(4)13-16-12-19(24)21-15-6-5-14(11-15)20(16)21/h5-6,14-21H,7-13H2,1-4H3. The van der Waals surface area contributed by atoms with Gasteiger partial charge in [0.1, 0.15) is 6.10 Å². The molecule has 144 valence electrons. The zero-order valence-electron chi connectivity index (χ0n) is 17.0. The van der Waals surface area contributed by atoms with Crippen LogP contribution in [-0.2, 0) is 9.53 Å². The second-order valence-corrected chi connectivity index (χ2v) is 11.6. The van der Waals surface area contributed by atoms with Crippen molar-refractivity contribution >= 4 is 5.97 Å². The predicted molar refractivity (Wildman–Crippen MR) is 103 cm³/mol. The van der Waals surface area contributed by atoms with Gasteiger partial charge in [-0.25, -0.2) is 0 Å². The molecule has 2 nitrogen and oxygen atoms in total. The Kier molecular flexibility index (Phi) is 3.74. The quantitative estimate of drug-likeness (QED) is 0.365. The van der Waals surface area contributed by atoms with E-state index in [4.69, 9.17) is 4.74 Å². The van der Waals surface area contributed by atoms with E-state index in [1.807, 2.05) is 0 Å². The Hall–Kier alpha value is -0.790. The monoisotopic (exact) mass is 356 g/mol. The summed E-state index contributed by atoms with van der Waals surface area (Å²) in [6, 6.07) is 0. The van der Waals surface area contributed by atoms with Crippen LogP contribution in [0, 0.1) is 52.3 Å². The number of ether oxygens (including phenoxy) is 1. The third-order valence-electron chi connectivity index (χ3n) is 9.29. The van der Waals surface area contributed by atoms with Crippen molar-refractivity contribution in [3.8, 4) is 0 Å². The molecule has 26 heavy (non-hydrogen) atoms. The fraction of sp³-hybridized carbons (Fsp3) is 0.875. The second kappa shape index (κ2) is 5.61. The van der Waals surface area contributed by atoms with E-state index in [9.17, 15) is 4.79 Å². The van der Waals surface area contributed by atoms with E-state index < -0.39 is 0 Å². The third kappa shape index (κ3) is 2.39. The molecule has 0 heterocycles. The number of carbonyl (C=O) groups excluding carboxylic acids is 1. The van der Waals surface area contributed by atoms with Gasteiger partial charge < -0.3 is 4.74 Å². The third-order valence-corrected chi connectivity index (χ3v) is 9.29. The highest BCUT2D eigenvalue weighted by molar-refractivity contribution is 5.78. The lowest BCUT2D eigenvalue weighted by Crippen LogP contribution is -2.44. The van der Waals surface area contributed by atoms with E-state index in [1.54, 1.807) is 0 Å². The molecule has 0 saturated heterocycles. The van der Waals surface area contributed by atoms with Crippen LogP contribution in [0.25, 0.3) is 0 Å². The van der Waals surface area contributed by atoms with Crippen molar-refractivity contribution in [3.05, 3.63) is 12.2 Å². The smallest absolute Gasteiger partial charge is 0.312 e. The van der Waals surface area contributed by atoms with Crippen molar-refractivity contribution in [1.29, 1.82) is 0 Å². The molecule has 0 aromatic carbocycles. The van der Waals surface area contributed by atoms with Gasteiger partial charge in [-0.2, -0.15) is 0 Å². The summed E-state index contributed by atoms with van der Waals surface area (Å²) in [6.07, 6.45) is 13.4. The summed E-state index contributed by atoms with van der Waals surface area (Å²) >= 11 is 0. The fourth-order valence-electron chi connectivity index (χ4n) is 7.94. The Morgan fingerprint density at radius 1 is 1.00 bits per heavy atom. The van der Waals surface area contributed by atoms with Crippen molar-refractivity contribution in [3.63, 3.8) is 0 Å². The number of esters is 1. The maximum Gasteiger partial charge on any atom is 0.312 e. The zero-order chi connectivity index (χ0) is 18.3. The van der Waals surface area contributed by atoms with Crippen molar-refractivity contribution in [1.82, 2.24) is 0 Å². The molecule has 7 atom stereocenters. The number of carbonyl (C=O) groups is 1. The Morgan fingerprint density at radius 2 is 1.65 bits per heavy atom. The zero-order valence-corrected chi connectivity index (χ0v) is 17.0. The van der Waals surface area contributed by atoms with Gasteiger partial charge in [0.15, 0.2) is 0 Å². The number of hydrogen-bond acceptors (Lipinski definition) is 2. The van der Waals surface area contributed by atoms with Gasteiger partial charge in [-0.1, -0.05) is 32.9 Å². The topological polar surface area (TPSA) is 26.3 Å². The van der Waals surface area contributed by atoms with Gasteiger partial charge in [-0.15, -0.1) is 0 Å². The van der Waals surface area contributed by atoms with Crippen LogP contribution >= 0.6 is 0 Å². The summed E-state index contributed by atoms with van der Waals surface area (Å²) in [5.74, 6) is 5.53. The van der Waals surface area contributed by atoms with Gasteiger partial charge in [0.2, 0.25) is 0 Å². The number of hydrogen-bond donors (Lipinski definition) is 0. The minimum atomic E-state index is -0.203. The first-order valence-electron chi connectivity index (χ1n) is 11.2. The maximum atomic E-state index is 13.3. The van der Waals surface area contributed by atoms with Crippen molar-refractivity contribution in [2.24, 2.45) is 52.3 Å². The largest absolute Gasteiger partial charge is 0.462 e. The molecule has 0 spiro atoms. The normalized spacial score (nSPS) is 51.7. The van der Waals surface area contributed by atoms with Crippen LogP contribution in [-0.4, -0.2) is 12.1 Å². The van der Waals surface area contributed by atoms with Crippen molar-refractivity contribution < 1.29 is 9.53 Å². The molecule has 0 radical (unpaired) electrons. The van der Waals surface area contributed by atoms with Crippen LogP contribution in [0.1, 0.15) is 72.6 Å². The van der Waals surface area contributed by atoms with Gasteiger partial charge in [0.25, 0.3) is 0 Å². The molecule has 4 saturated carbocycles. The number of fused-ring (bicyclic) bond motifs is 9. The molecule has 4 bridgehead atoms. The van der Waals surface area contributed by atoms with Crippen LogP contribution in [0.5, 0.6) is 0 Å². The van der Waals surface area contributed by atoms with Crippen LogP contribution in [0.4, 0.5) is 0 Å². The second-order valence-electron chi connectivity index (χ2n) is 11.6. The van der Waals surface area contributed by atoms with E-state index in [0.717, 1.165) is 54.8 Å². The van der Waals surface area contributed by atoms with Gasteiger partial charge in [-0.3, -0.25) is 4.79 Å². The summed E-state index contributed by atoms with van der Waals surface area (Å²) in [7, 11) is 0. The molecular weight excluding hydrogens is 320 g/mol. The average molecular weight is 357 g/mol. The minimum Gasteiger partial charge on any atom is -0.462 e. The molecule has 0 amide bonds. The lowest BCUT2D eigenvalue weighted by Gasteiger charge is -2.43. The maximum absolute atomic E-state index is 13.3. The van der Waals surface area contributed by atoms with Crippen molar-refractivity contribution in [2.75, 3.05) is 0 Å². The van der Waals surface area contributed by atoms with Crippen LogP contribution < -0.4 is 0 Å². The fourth-order valence-corrected chi connectivity index (χ4v) is 7.94. The molecule has 5 aliphatic rings. The predicted octanol–water partition coefficient (Wildman–Crippen LogP) is 5.62. The van der Waals surface area contributed by atoms with E-state index in [0.29, 0.717) is 11.3 Å². The van der Waals surface area contributed by atoms with E-state index >= 15 is 0 Å². The van der Waals surface area contributed by atoms with Crippen LogP contribution in [0.3, 0.4) is 0 Å². The highest BCUT2D eigenvalue weighted by Gasteiger charge is 2.67. The number of allylic oxidation sites excluding steroid dienone is 2. The molecule has 2 heteroatoms. The summed E-state index contributed by atoms with van der Waals surface area (Å²) < 4.78 is 6.16. The Bertz CT molecular complexity index is 621. The molecular formula is C24H36O2. The molecule has 5 rings (SSSR count). The van der Waals surface area contributed by atoms with Gasteiger partial charge in [0, 0.05) is 0 Å². The summed E-state index contributed by atoms with van der Waals surface area (Å²) in [4.78, 5) is 13.3. The highest BCUT2D eigenvalue weighted by Crippen LogP contribution is 2.70. The van der Waals surface area contributed by atoms with Gasteiger partial charge in [0.05, 0.1) is 5.41 Å². The van der Waals surface area contributed by atoms with E-state index in [2.05, 4.69) is 39.8 Å². The highest BCUT2D eigenvalue weighted by atomic mass is 16.5. The first kappa shape index (κ1) is 17.3. The molecule has 5 aliphatic carbocycles. The summed E-state index contributed by atoms with van der Waals surface area (Å²) in [5.41, 5.74) is 0.181. The average Bonchev–Trinajstić information content (AvgIpc) is 3.32. The van der Waals surface area contributed by atoms with E-state index in [1.165, 1.54) is 25.7 Å². The lowest BCUT2D eigenvalue weighted by molar-refractivity contribution is -0.168. The summed E-state index contributed by atoms with van der Waals surface area (Å²) in [6.45, 7) is 9.29. The first-order valence-corrected chi connectivity index (χ1v) is 11.2. The molecule has 0 N–H and O–H groups in total. The number of rotatable bonds is 2. The molecule has 4 fully saturated rings. The first-order chi connectivity index (χ1) is 12.3. The van der Waals surface area contributed by atoms with Gasteiger partial charge >= 0.3 is 5.97 Å². The SMILES string of the molecule is CC(C)(C)C1CCC(OC(=O)C2(C)CC3CC2C2C4C=CC(C4)C32)CC1. The lowest BCUT2D eigenvalue weighted by atomic mass is 9.63. The molecule has 0 aromatic heterocycles.